The highest BCUT2D eigenvalue weighted by atomic mass is 16.3. The lowest BCUT2D eigenvalue weighted by molar-refractivity contribution is -0.123. The molecule has 1 amide bonds. The molecule has 2 heterocycles. The van der Waals surface area contributed by atoms with E-state index in [0.717, 1.165) is 32.1 Å². The molecule has 1 aliphatic heterocycles. The molecule has 2 aliphatic carbocycles. The fourth-order valence-corrected chi connectivity index (χ4v) is 4.79. The van der Waals surface area contributed by atoms with Crippen LogP contribution in [0.4, 0.5) is 5.95 Å². The summed E-state index contributed by atoms with van der Waals surface area (Å²) in [6.07, 6.45) is 11.3. The number of nitrogens with zero attached hydrogens (tertiary/aromatic N) is 3. The first kappa shape index (κ1) is 15.8. The maximum absolute atomic E-state index is 13.0. The van der Waals surface area contributed by atoms with Crippen molar-refractivity contribution in [3.63, 3.8) is 0 Å². The van der Waals surface area contributed by atoms with Crippen molar-refractivity contribution in [2.45, 2.75) is 75.6 Å². The van der Waals surface area contributed by atoms with Crippen LogP contribution in [0.1, 0.15) is 51.4 Å². The molecule has 1 saturated heterocycles. The lowest BCUT2D eigenvalue weighted by Crippen LogP contribution is -2.51. The molecule has 6 heteroatoms. The second kappa shape index (κ2) is 6.67. The Balaban J connectivity index is 1.56. The van der Waals surface area contributed by atoms with Gasteiger partial charge in [0.2, 0.25) is 11.9 Å². The molecule has 1 aromatic heterocycles. The van der Waals surface area contributed by atoms with Gasteiger partial charge in [-0.05, 0) is 50.5 Å². The van der Waals surface area contributed by atoms with Gasteiger partial charge < -0.3 is 15.3 Å². The maximum atomic E-state index is 13.0. The van der Waals surface area contributed by atoms with Crippen molar-refractivity contribution < 1.29 is 9.90 Å². The lowest BCUT2D eigenvalue weighted by Gasteiger charge is -2.33. The Morgan fingerprint density at radius 3 is 2.67 bits per heavy atom. The smallest absolute Gasteiger partial charge is 0.243 e. The number of hydrogen-bond donors (Lipinski definition) is 2. The number of aromatic nitrogens is 2. The molecule has 4 rings (SSSR count). The van der Waals surface area contributed by atoms with E-state index in [1.54, 1.807) is 12.4 Å². The Kier molecular flexibility index (Phi) is 4.39. The van der Waals surface area contributed by atoms with E-state index in [0.29, 0.717) is 17.9 Å². The molecule has 5 atom stereocenters. The van der Waals surface area contributed by atoms with Gasteiger partial charge in [0.25, 0.3) is 0 Å². The highest BCUT2D eigenvalue weighted by molar-refractivity contribution is 5.86. The molecule has 6 nitrogen and oxygen atoms in total. The topological polar surface area (TPSA) is 78.4 Å². The number of amides is 1. The summed E-state index contributed by atoms with van der Waals surface area (Å²) in [5, 5.41) is 13.1. The van der Waals surface area contributed by atoms with E-state index >= 15 is 0 Å². The first-order valence-corrected chi connectivity index (χ1v) is 9.28. The van der Waals surface area contributed by atoms with Crippen LogP contribution < -0.4 is 10.2 Å². The van der Waals surface area contributed by atoms with Gasteiger partial charge in [0.1, 0.15) is 6.04 Å². The van der Waals surface area contributed by atoms with E-state index in [2.05, 4.69) is 20.2 Å². The van der Waals surface area contributed by atoms with Gasteiger partial charge in [-0.2, -0.15) is 0 Å². The number of aliphatic hydroxyl groups is 1. The number of nitrogens with one attached hydrogen (secondary N) is 1. The van der Waals surface area contributed by atoms with Crippen molar-refractivity contribution in [2.75, 3.05) is 4.90 Å². The third-order valence-corrected chi connectivity index (χ3v) is 5.98. The van der Waals surface area contributed by atoms with Gasteiger partial charge in [-0.25, -0.2) is 9.97 Å². The second-order valence-corrected chi connectivity index (χ2v) is 7.43. The molecule has 1 aromatic rings. The van der Waals surface area contributed by atoms with Crippen LogP contribution in [0, 0.1) is 5.92 Å². The SMILES string of the molecule is O=C(N[C@@H]1CCC[C@@H]1O)[C@@H]1C[C@@H]2CCCC[C@H]2N1c1ncccn1. The van der Waals surface area contributed by atoms with Crippen LogP contribution in [-0.4, -0.2) is 45.2 Å². The van der Waals surface area contributed by atoms with E-state index in [1.807, 2.05) is 6.07 Å². The van der Waals surface area contributed by atoms with E-state index < -0.39 is 6.10 Å². The molecule has 0 radical (unpaired) electrons. The molecule has 2 N–H and O–H groups in total. The minimum atomic E-state index is -0.404. The zero-order valence-electron chi connectivity index (χ0n) is 14.0. The van der Waals surface area contributed by atoms with E-state index in [4.69, 9.17) is 0 Å². The van der Waals surface area contributed by atoms with Crippen molar-refractivity contribution in [1.29, 1.82) is 0 Å². The zero-order valence-corrected chi connectivity index (χ0v) is 14.0. The van der Waals surface area contributed by atoms with Gasteiger partial charge in [-0.1, -0.05) is 12.8 Å². The molecular weight excluding hydrogens is 304 g/mol. The highest BCUT2D eigenvalue weighted by Gasteiger charge is 2.46. The summed E-state index contributed by atoms with van der Waals surface area (Å²) in [6.45, 7) is 0. The Morgan fingerprint density at radius 1 is 1.12 bits per heavy atom. The number of carbonyl (C=O) groups excluding carboxylic acids is 1. The van der Waals surface area contributed by atoms with Gasteiger partial charge in [0.05, 0.1) is 12.1 Å². The summed E-state index contributed by atoms with van der Waals surface area (Å²) in [5.41, 5.74) is 0. The van der Waals surface area contributed by atoms with Gasteiger partial charge in [0.15, 0.2) is 0 Å². The summed E-state index contributed by atoms with van der Waals surface area (Å²) in [4.78, 5) is 23.9. The van der Waals surface area contributed by atoms with Crippen molar-refractivity contribution >= 4 is 11.9 Å². The fraction of sp³-hybridized carbons (Fsp3) is 0.722. The maximum Gasteiger partial charge on any atom is 0.243 e. The molecule has 3 aliphatic rings. The molecule has 0 aromatic carbocycles. The second-order valence-electron chi connectivity index (χ2n) is 7.43. The minimum absolute atomic E-state index is 0.0304. The van der Waals surface area contributed by atoms with Crippen LogP contribution >= 0.6 is 0 Å². The fourth-order valence-electron chi connectivity index (χ4n) is 4.79. The summed E-state index contributed by atoms with van der Waals surface area (Å²) in [6, 6.07) is 1.86. The van der Waals surface area contributed by atoms with E-state index in [1.165, 1.54) is 19.3 Å². The Hall–Kier alpha value is -1.69. The average molecular weight is 330 g/mol. The van der Waals surface area contributed by atoms with Gasteiger partial charge in [-0.3, -0.25) is 4.79 Å². The number of fused-ring (bicyclic) bond motifs is 1. The lowest BCUT2D eigenvalue weighted by atomic mass is 9.85. The van der Waals surface area contributed by atoms with E-state index in [-0.39, 0.29) is 18.0 Å². The monoisotopic (exact) mass is 330 g/mol. The van der Waals surface area contributed by atoms with Crippen molar-refractivity contribution in [3.8, 4) is 0 Å². The normalized spacial score (nSPS) is 35.7. The number of aliphatic hydroxyl groups excluding tert-OH is 1. The molecule has 0 bridgehead atoms. The Labute approximate surface area is 142 Å². The molecule has 0 unspecified atom stereocenters. The summed E-state index contributed by atoms with van der Waals surface area (Å²) in [7, 11) is 0. The average Bonchev–Trinajstić information content (AvgIpc) is 3.19. The van der Waals surface area contributed by atoms with Crippen LogP contribution in [0.25, 0.3) is 0 Å². The molecule has 0 spiro atoms. The minimum Gasteiger partial charge on any atom is -0.391 e. The molecule has 2 saturated carbocycles. The van der Waals surface area contributed by atoms with Crippen molar-refractivity contribution in [2.24, 2.45) is 5.92 Å². The van der Waals surface area contributed by atoms with Crippen LogP contribution in [0.3, 0.4) is 0 Å². The third kappa shape index (κ3) is 2.88. The third-order valence-electron chi connectivity index (χ3n) is 5.98. The summed E-state index contributed by atoms with van der Waals surface area (Å²) < 4.78 is 0. The number of carbonyl (C=O) groups is 1. The molecule has 3 fully saturated rings. The summed E-state index contributed by atoms with van der Waals surface area (Å²) >= 11 is 0. The zero-order chi connectivity index (χ0) is 16.5. The predicted octanol–water partition coefficient (Wildman–Crippen LogP) is 1.64. The standard InChI is InChI=1S/C18H26N4O2/c23-16-8-3-6-13(16)21-17(24)15-11-12-5-1-2-7-14(12)22(15)18-19-9-4-10-20-18/h4,9-10,12-16,23H,1-3,5-8,11H2,(H,21,24)/t12-,13+,14+,15-,16-/m0/s1. The van der Waals surface area contributed by atoms with Crippen LogP contribution in [-0.2, 0) is 4.79 Å². The number of rotatable bonds is 3. The Bertz CT molecular complexity index is 582. The van der Waals surface area contributed by atoms with Gasteiger partial charge >= 0.3 is 0 Å². The van der Waals surface area contributed by atoms with Crippen LogP contribution in [0.5, 0.6) is 0 Å². The van der Waals surface area contributed by atoms with Crippen molar-refractivity contribution in [1.82, 2.24) is 15.3 Å². The van der Waals surface area contributed by atoms with E-state index in [9.17, 15) is 9.90 Å². The number of hydrogen-bond acceptors (Lipinski definition) is 5. The van der Waals surface area contributed by atoms with Crippen LogP contribution in [0.15, 0.2) is 18.5 Å². The molecular formula is C18H26N4O2. The first-order valence-electron chi connectivity index (χ1n) is 9.28. The quantitative estimate of drug-likeness (QED) is 0.881. The first-order chi connectivity index (χ1) is 11.7. The van der Waals surface area contributed by atoms with Gasteiger partial charge in [0, 0.05) is 18.4 Å². The molecule has 24 heavy (non-hydrogen) atoms. The van der Waals surface area contributed by atoms with Crippen molar-refractivity contribution in [3.05, 3.63) is 18.5 Å². The van der Waals surface area contributed by atoms with Crippen LogP contribution in [0.2, 0.25) is 0 Å². The Morgan fingerprint density at radius 2 is 1.92 bits per heavy atom. The largest absolute Gasteiger partial charge is 0.391 e. The summed E-state index contributed by atoms with van der Waals surface area (Å²) in [5.74, 6) is 1.24. The molecule has 130 valence electrons. The predicted molar refractivity (Wildman–Crippen MR) is 90.5 cm³/mol. The number of anilines is 1. The highest BCUT2D eigenvalue weighted by Crippen LogP contribution is 2.41. The van der Waals surface area contributed by atoms with Gasteiger partial charge in [-0.15, -0.1) is 0 Å².